The van der Waals surface area contributed by atoms with Crippen molar-refractivity contribution in [3.8, 4) is 0 Å². The van der Waals surface area contributed by atoms with E-state index in [1.807, 2.05) is 20.9 Å². The Balaban J connectivity index is 1.65. The number of carbonyl (C=O) groups excluding carboxylic acids is 1. The van der Waals surface area contributed by atoms with E-state index in [0.29, 0.717) is 23.3 Å². The van der Waals surface area contributed by atoms with Crippen LogP contribution in [0.25, 0.3) is 11.0 Å². The molecular formula is C17H20FN5O. The van der Waals surface area contributed by atoms with Crippen molar-refractivity contribution in [1.29, 1.82) is 0 Å². The number of carbonyl (C=O) groups is 1. The molecule has 2 heterocycles. The lowest BCUT2D eigenvalue weighted by Crippen LogP contribution is -2.15. The number of hydrogen-bond acceptors (Lipinski definition) is 3. The fraction of sp³-hybridized carbons (Fsp3) is 0.353. The van der Waals surface area contributed by atoms with Gasteiger partial charge in [-0.3, -0.25) is 9.48 Å². The maximum Gasteiger partial charge on any atom is 0.225 e. The van der Waals surface area contributed by atoms with Crippen molar-refractivity contribution in [3.63, 3.8) is 0 Å². The predicted molar refractivity (Wildman–Crippen MR) is 90.3 cm³/mol. The van der Waals surface area contributed by atoms with Crippen LogP contribution >= 0.6 is 0 Å². The summed E-state index contributed by atoms with van der Waals surface area (Å²) in [5, 5.41) is 7.29. The predicted octanol–water partition coefficient (Wildman–Crippen LogP) is 2.88. The zero-order valence-electron chi connectivity index (χ0n) is 14.0. The number of hydrogen-bond donors (Lipinski definition) is 2. The highest BCUT2D eigenvalue weighted by Crippen LogP contribution is 2.19. The molecule has 0 aliphatic rings. The molecule has 0 spiro atoms. The zero-order valence-corrected chi connectivity index (χ0v) is 14.0. The summed E-state index contributed by atoms with van der Waals surface area (Å²) in [4.78, 5) is 19.6. The molecule has 1 aromatic carbocycles. The van der Waals surface area contributed by atoms with E-state index in [9.17, 15) is 9.18 Å². The quantitative estimate of drug-likeness (QED) is 0.756. The van der Waals surface area contributed by atoms with Crippen LogP contribution in [-0.4, -0.2) is 25.7 Å². The van der Waals surface area contributed by atoms with Gasteiger partial charge in [-0.25, -0.2) is 9.37 Å². The number of fused-ring (bicyclic) bond motifs is 1. The van der Waals surface area contributed by atoms with Gasteiger partial charge in [0.2, 0.25) is 5.91 Å². The molecule has 1 amide bonds. The molecule has 7 heteroatoms. The highest BCUT2D eigenvalue weighted by Gasteiger charge is 2.14. The van der Waals surface area contributed by atoms with Crippen LogP contribution in [0, 0.1) is 12.7 Å². The SMILES string of the molecule is CCc1nn(C)c(NC(=O)CCc2nc3ccc(F)cc3[nH]2)c1C. The van der Waals surface area contributed by atoms with Crippen LogP contribution in [0.1, 0.15) is 30.4 Å². The number of anilines is 1. The van der Waals surface area contributed by atoms with Crippen LogP contribution in [0.3, 0.4) is 0 Å². The van der Waals surface area contributed by atoms with Crippen LogP contribution in [0.15, 0.2) is 18.2 Å². The summed E-state index contributed by atoms with van der Waals surface area (Å²) < 4.78 is 14.9. The number of rotatable bonds is 5. The highest BCUT2D eigenvalue weighted by atomic mass is 19.1. The lowest BCUT2D eigenvalue weighted by molar-refractivity contribution is -0.116. The minimum atomic E-state index is -0.311. The van der Waals surface area contributed by atoms with Crippen LogP contribution < -0.4 is 5.32 Å². The zero-order chi connectivity index (χ0) is 17.3. The second-order valence-electron chi connectivity index (χ2n) is 5.79. The molecule has 0 aliphatic carbocycles. The molecule has 0 aliphatic heterocycles. The van der Waals surface area contributed by atoms with Gasteiger partial charge in [-0.15, -0.1) is 0 Å². The van der Waals surface area contributed by atoms with E-state index in [-0.39, 0.29) is 18.1 Å². The second-order valence-corrected chi connectivity index (χ2v) is 5.79. The third kappa shape index (κ3) is 3.15. The number of aryl methyl sites for hydroxylation is 3. The Labute approximate surface area is 139 Å². The molecule has 24 heavy (non-hydrogen) atoms. The molecule has 0 saturated carbocycles. The molecule has 3 rings (SSSR count). The number of amides is 1. The first-order valence-electron chi connectivity index (χ1n) is 7.94. The van der Waals surface area contributed by atoms with Gasteiger partial charge in [0.1, 0.15) is 17.5 Å². The number of aromatic nitrogens is 4. The van der Waals surface area contributed by atoms with Gasteiger partial charge in [-0.1, -0.05) is 6.92 Å². The third-order valence-electron chi connectivity index (χ3n) is 4.06. The number of nitrogens with one attached hydrogen (secondary N) is 2. The number of imidazole rings is 1. The van der Waals surface area contributed by atoms with Crippen molar-refractivity contribution in [1.82, 2.24) is 19.7 Å². The van der Waals surface area contributed by atoms with Gasteiger partial charge in [0.15, 0.2) is 0 Å². The maximum absolute atomic E-state index is 13.2. The Morgan fingerprint density at radius 1 is 1.42 bits per heavy atom. The van der Waals surface area contributed by atoms with E-state index in [0.717, 1.165) is 23.5 Å². The van der Waals surface area contributed by atoms with Crippen molar-refractivity contribution in [3.05, 3.63) is 41.1 Å². The van der Waals surface area contributed by atoms with E-state index in [1.54, 1.807) is 10.7 Å². The fourth-order valence-corrected chi connectivity index (χ4v) is 2.78. The molecule has 0 saturated heterocycles. The Hall–Kier alpha value is -2.70. The molecule has 0 radical (unpaired) electrons. The van der Waals surface area contributed by atoms with Gasteiger partial charge in [0, 0.05) is 25.5 Å². The second kappa shape index (κ2) is 6.43. The van der Waals surface area contributed by atoms with E-state index >= 15 is 0 Å². The van der Waals surface area contributed by atoms with Gasteiger partial charge in [-0.05, 0) is 31.5 Å². The molecule has 2 aromatic heterocycles. The summed E-state index contributed by atoms with van der Waals surface area (Å²) in [5.74, 6) is 0.981. The van der Waals surface area contributed by atoms with Crippen molar-refractivity contribution < 1.29 is 9.18 Å². The first kappa shape index (κ1) is 16.2. The van der Waals surface area contributed by atoms with Crippen LogP contribution in [0.4, 0.5) is 10.2 Å². The number of benzene rings is 1. The van der Waals surface area contributed by atoms with E-state index in [2.05, 4.69) is 20.4 Å². The highest BCUT2D eigenvalue weighted by molar-refractivity contribution is 5.90. The van der Waals surface area contributed by atoms with E-state index in [4.69, 9.17) is 0 Å². The molecule has 2 N–H and O–H groups in total. The normalized spacial score (nSPS) is 11.2. The number of aromatic amines is 1. The van der Waals surface area contributed by atoms with Crippen LogP contribution in [-0.2, 0) is 24.7 Å². The molecule has 0 atom stereocenters. The molecule has 0 fully saturated rings. The molecule has 0 unspecified atom stereocenters. The van der Waals surface area contributed by atoms with Crippen molar-refractivity contribution in [2.24, 2.45) is 7.05 Å². The molecule has 0 bridgehead atoms. The van der Waals surface area contributed by atoms with Gasteiger partial charge in [-0.2, -0.15) is 5.10 Å². The molecule has 3 aromatic rings. The Kier molecular flexibility index (Phi) is 4.33. The molecular weight excluding hydrogens is 309 g/mol. The first-order chi connectivity index (χ1) is 11.5. The van der Waals surface area contributed by atoms with Crippen LogP contribution in [0.2, 0.25) is 0 Å². The van der Waals surface area contributed by atoms with Gasteiger partial charge < -0.3 is 10.3 Å². The largest absolute Gasteiger partial charge is 0.342 e. The summed E-state index contributed by atoms with van der Waals surface area (Å²) in [5.41, 5.74) is 3.31. The average molecular weight is 329 g/mol. The van der Waals surface area contributed by atoms with Crippen molar-refractivity contribution in [2.45, 2.75) is 33.1 Å². The maximum atomic E-state index is 13.2. The number of H-pyrrole nitrogens is 1. The van der Waals surface area contributed by atoms with E-state index in [1.165, 1.54) is 12.1 Å². The average Bonchev–Trinajstić information content (AvgIpc) is 3.07. The summed E-state index contributed by atoms with van der Waals surface area (Å²) >= 11 is 0. The third-order valence-corrected chi connectivity index (χ3v) is 4.06. The minimum Gasteiger partial charge on any atom is -0.342 e. The Morgan fingerprint density at radius 3 is 2.92 bits per heavy atom. The topological polar surface area (TPSA) is 75.6 Å². The Bertz CT molecular complexity index is 896. The lowest BCUT2D eigenvalue weighted by atomic mass is 10.2. The minimum absolute atomic E-state index is 0.101. The van der Waals surface area contributed by atoms with Crippen molar-refractivity contribution >= 4 is 22.8 Å². The molecule has 6 nitrogen and oxygen atoms in total. The van der Waals surface area contributed by atoms with Gasteiger partial charge in [0.25, 0.3) is 0 Å². The van der Waals surface area contributed by atoms with E-state index < -0.39 is 0 Å². The Morgan fingerprint density at radius 2 is 2.21 bits per heavy atom. The first-order valence-corrected chi connectivity index (χ1v) is 7.94. The summed E-state index contributed by atoms with van der Waals surface area (Å²) in [6.45, 7) is 3.99. The molecule has 126 valence electrons. The summed E-state index contributed by atoms with van der Waals surface area (Å²) in [6.07, 6.45) is 1.57. The van der Waals surface area contributed by atoms with Gasteiger partial charge >= 0.3 is 0 Å². The van der Waals surface area contributed by atoms with Crippen molar-refractivity contribution in [2.75, 3.05) is 5.32 Å². The van der Waals surface area contributed by atoms with Gasteiger partial charge in [0.05, 0.1) is 16.7 Å². The summed E-state index contributed by atoms with van der Waals surface area (Å²) in [7, 11) is 1.82. The summed E-state index contributed by atoms with van der Waals surface area (Å²) in [6, 6.07) is 4.39. The number of halogens is 1. The standard InChI is InChI=1S/C17H20FN5O/c1-4-12-10(2)17(23(3)22-12)21-16(24)8-7-15-19-13-6-5-11(18)9-14(13)20-15/h5-6,9H,4,7-8H2,1-3H3,(H,19,20)(H,21,24). The lowest BCUT2D eigenvalue weighted by Gasteiger charge is -2.06. The fourth-order valence-electron chi connectivity index (χ4n) is 2.78. The van der Waals surface area contributed by atoms with Crippen LogP contribution in [0.5, 0.6) is 0 Å². The number of nitrogens with zero attached hydrogens (tertiary/aromatic N) is 3. The monoisotopic (exact) mass is 329 g/mol. The smallest absolute Gasteiger partial charge is 0.225 e.